The molecular weight excluding hydrogens is 293 g/mol. The number of oxime groups is 1. The Hall–Kier alpha value is -2.11. The zero-order valence-corrected chi connectivity index (χ0v) is 11.9. The summed E-state index contributed by atoms with van der Waals surface area (Å²) in [6.45, 7) is 0.830. The lowest BCUT2D eigenvalue weighted by molar-refractivity contribution is 0.318. The summed E-state index contributed by atoms with van der Waals surface area (Å²) in [5, 5.41) is 15.2. The Kier molecular flexibility index (Phi) is 5.14. The first kappa shape index (κ1) is 15.3. The van der Waals surface area contributed by atoms with Gasteiger partial charge in [0.15, 0.2) is 5.84 Å². The lowest BCUT2D eigenvalue weighted by Gasteiger charge is -2.09. The normalized spacial score (nSPS) is 11.6. The third-order valence-electron chi connectivity index (χ3n) is 3.05. The minimum atomic E-state index is -0.501. The van der Waals surface area contributed by atoms with Crippen LogP contribution in [-0.4, -0.2) is 11.0 Å². The SMILES string of the molecule is N/C(=N/O)c1cccc(CNCc2ccccc2Cl)c1F. The first-order chi connectivity index (χ1) is 10.1. The molecule has 0 aliphatic carbocycles. The van der Waals surface area contributed by atoms with Gasteiger partial charge in [0.2, 0.25) is 0 Å². The van der Waals surface area contributed by atoms with Gasteiger partial charge in [-0.25, -0.2) is 4.39 Å². The zero-order valence-electron chi connectivity index (χ0n) is 11.2. The van der Waals surface area contributed by atoms with E-state index in [9.17, 15) is 4.39 Å². The van der Waals surface area contributed by atoms with Crippen LogP contribution in [0.5, 0.6) is 0 Å². The van der Waals surface area contributed by atoms with E-state index < -0.39 is 5.82 Å². The Bertz CT molecular complexity index is 661. The third-order valence-corrected chi connectivity index (χ3v) is 3.42. The van der Waals surface area contributed by atoms with Crippen LogP contribution in [0.3, 0.4) is 0 Å². The van der Waals surface area contributed by atoms with Gasteiger partial charge in [0, 0.05) is 23.7 Å². The van der Waals surface area contributed by atoms with Crippen LogP contribution in [0, 0.1) is 5.82 Å². The molecule has 2 rings (SSSR count). The summed E-state index contributed by atoms with van der Waals surface area (Å²) >= 11 is 6.05. The monoisotopic (exact) mass is 307 g/mol. The number of rotatable bonds is 5. The number of nitrogens with one attached hydrogen (secondary N) is 1. The highest BCUT2D eigenvalue weighted by Crippen LogP contribution is 2.16. The van der Waals surface area contributed by atoms with Crippen molar-refractivity contribution in [2.24, 2.45) is 10.9 Å². The Morgan fingerprint density at radius 1 is 1.14 bits per heavy atom. The lowest BCUT2D eigenvalue weighted by Crippen LogP contribution is -2.18. The maximum atomic E-state index is 14.2. The van der Waals surface area contributed by atoms with Crippen LogP contribution in [-0.2, 0) is 13.1 Å². The fourth-order valence-corrected chi connectivity index (χ4v) is 2.14. The highest BCUT2D eigenvalue weighted by molar-refractivity contribution is 6.31. The quantitative estimate of drug-likeness (QED) is 0.344. The standard InChI is InChI=1S/C15H15ClFN3O/c16-13-7-2-1-4-10(13)8-19-9-11-5-3-6-12(14(11)17)15(18)20-21/h1-7,19,21H,8-9H2,(H2,18,20). The van der Waals surface area contributed by atoms with E-state index in [1.54, 1.807) is 18.2 Å². The van der Waals surface area contributed by atoms with Gasteiger partial charge in [-0.3, -0.25) is 0 Å². The molecule has 0 amide bonds. The molecule has 0 saturated heterocycles. The summed E-state index contributed by atoms with van der Waals surface area (Å²) in [5.41, 5.74) is 6.88. The van der Waals surface area contributed by atoms with Gasteiger partial charge in [-0.15, -0.1) is 0 Å². The molecule has 6 heteroatoms. The highest BCUT2D eigenvalue weighted by Gasteiger charge is 2.11. The van der Waals surface area contributed by atoms with E-state index in [0.29, 0.717) is 23.7 Å². The van der Waals surface area contributed by atoms with Crippen molar-refractivity contribution in [3.05, 3.63) is 70.0 Å². The topological polar surface area (TPSA) is 70.6 Å². The van der Waals surface area contributed by atoms with E-state index in [-0.39, 0.29) is 11.4 Å². The predicted octanol–water partition coefficient (Wildman–Crippen LogP) is 2.86. The molecule has 110 valence electrons. The molecule has 4 nitrogen and oxygen atoms in total. The molecule has 0 saturated carbocycles. The van der Waals surface area contributed by atoms with E-state index in [4.69, 9.17) is 22.5 Å². The summed E-state index contributed by atoms with van der Waals surface area (Å²) in [6.07, 6.45) is 0. The Morgan fingerprint density at radius 2 is 1.81 bits per heavy atom. The van der Waals surface area contributed by atoms with Crippen molar-refractivity contribution in [1.82, 2.24) is 5.32 Å². The van der Waals surface area contributed by atoms with E-state index in [0.717, 1.165) is 5.56 Å². The number of hydrogen-bond donors (Lipinski definition) is 3. The maximum Gasteiger partial charge on any atom is 0.173 e. The highest BCUT2D eigenvalue weighted by atomic mass is 35.5. The van der Waals surface area contributed by atoms with Gasteiger partial charge in [0.05, 0.1) is 5.56 Å². The summed E-state index contributed by atoms with van der Waals surface area (Å²) in [7, 11) is 0. The number of benzene rings is 2. The van der Waals surface area contributed by atoms with Crippen LogP contribution in [0.4, 0.5) is 4.39 Å². The van der Waals surface area contributed by atoms with Crippen molar-refractivity contribution in [2.45, 2.75) is 13.1 Å². The van der Waals surface area contributed by atoms with Gasteiger partial charge in [-0.05, 0) is 17.7 Å². The van der Waals surface area contributed by atoms with Crippen LogP contribution in [0.25, 0.3) is 0 Å². The van der Waals surface area contributed by atoms with Crippen LogP contribution >= 0.6 is 11.6 Å². The number of hydrogen-bond acceptors (Lipinski definition) is 3. The molecule has 0 fully saturated rings. The fraction of sp³-hybridized carbons (Fsp3) is 0.133. The smallest absolute Gasteiger partial charge is 0.173 e. The molecule has 0 aliphatic rings. The fourth-order valence-electron chi connectivity index (χ4n) is 1.94. The number of nitrogens with two attached hydrogens (primary N) is 1. The second kappa shape index (κ2) is 7.06. The van der Waals surface area contributed by atoms with Crippen LogP contribution < -0.4 is 11.1 Å². The molecule has 0 atom stereocenters. The molecule has 2 aromatic carbocycles. The molecule has 0 bridgehead atoms. The summed E-state index contributed by atoms with van der Waals surface area (Å²) in [5.74, 6) is -0.750. The summed E-state index contributed by atoms with van der Waals surface area (Å²) < 4.78 is 14.2. The minimum Gasteiger partial charge on any atom is -0.409 e. The molecular formula is C15H15ClFN3O. The maximum absolute atomic E-state index is 14.2. The van der Waals surface area contributed by atoms with Crippen LogP contribution in [0.15, 0.2) is 47.6 Å². The molecule has 0 radical (unpaired) electrons. The van der Waals surface area contributed by atoms with Crippen molar-refractivity contribution in [3.63, 3.8) is 0 Å². The van der Waals surface area contributed by atoms with Gasteiger partial charge in [-0.2, -0.15) is 0 Å². The van der Waals surface area contributed by atoms with E-state index in [2.05, 4.69) is 10.5 Å². The van der Waals surface area contributed by atoms with Crippen molar-refractivity contribution >= 4 is 17.4 Å². The molecule has 4 N–H and O–H groups in total. The Labute approximate surface area is 127 Å². The van der Waals surface area contributed by atoms with E-state index >= 15 is 0 Å². The average molecular weight is 308 g/mol. The van der Waals surface area contributed by atoms with E-state index in [1.165, 1.54) is 6.07 Å². The second-order valence-corrected chi connectivity index (χ2v) is 4.87. The zero-order chi connectivity index (χ0) is 15.2. The molecule has 2 aromatic rings. The van der Waals surface area contributed by atoms with Gasteiger partial charge in [0.25, 0.3) is 0 Å². The van der Waals surface area contributed by atoms with Gasteiger partial charge in [0.1, 0.15) is 5.82 Å². The minimum absolute atomic E-state index is 0.0783. The molecule has 0 aromatic heterocycles. The largest absolute Gasteiger partial charge is 0.409 e. The van der Waals surface area contributed by atoms with Crippen LogP contribution in [0.2, 0.25) is 5.02 Å². The van der Waals surface area contributed by atoms with Gasteiger partial charge < -0.3 is 16.3 Å². The molecule has 0 heterocycles. The average Bonchev–Trinajstić information content (AvgIpc) is 2.50. The molecule has 0 spiro atoms. The number of nitrogens with zero attached hydrogens (tertiary/aromatic N) is 1. The first-order valence-electron chi connectivity index (χ1n) is 6.33. The molecule has 21 heavy (non-hydrogen) atoms. The van der Waals surface area contributed by atoms with Crippen molar-refractivity contribution < 1.29 is 9.60 Å². The molecule has 0 unspecified atom stereocenters. The first-order valence-corrected chi connectivity index (χ1v) is 6.70. The van der Waals surface area contributed by atoms with Gasteiger partial charge >= 0.3 is 0 Å². The third kappa shape index (κ3) is 3.71. The second-order valence-electron chi connectivity index (χ2n) is 4.46. The Balaban J connectivity index is 2.06. The van der Waals surface area contributed by atoms with E-state index in [1.807, 2.05) is 18.2 Å². The van der Waals surface area contributed by atoms with Crippen LogP contribution in [0.1, 0.15) is 16.7 Å². The van der Waals surface area contributed by atoms with Crippen molar-refractivity contribution in [3.8, 4) is 0 Å². The van der Waals surface area contributed by atoms with Crippen molar-refractivity contribution in [1.29, 1.82) is 0 Å². The summed E-state index contributed by atoms with van der Waals surface area (Å²) in [6, 6.07) is 12.2. The number of amidine groups is 1. The molecule has 0 aliphatic heterocycles. The Morgan fingerprint density at radius 3 is 2.52 bits per heavy atom. The lowest BCUT2D eigenvalue weighted by atomic mass is 10.1. The van der Waals surface area contributed by atoms with Gasteiger partial charge in [-0.1, -0.05) is 47.1 Å². The number of halogens is 2. The summed E-state index contributed by atoms with van der Waals surface area (Å²) in [4.78, 5) is 0. The predicted molar refractivity (Wildman–Crippen MR) is 80.9 cm³/mol. The van der Waals surface area contributed by atoms with Crippen molar-refractivity contribution in [2.75, 3.05) is 0 Å².